The number of nitrogens with zero attached hydrogens (tertiary/aromatic N) is 1. The van der Waals surface area contributed by atoms with Crippen LogP contribution < -0.4 is 10.6 Å². The number of hydrogen-bond donors (Lipinski definition) is 2. The normalized spacial score (nSPS) is 10.3. The maximum atomic E-state index is 12.0. The maximum Gasteiger partial charge on any atom is 0.251 e. The quantitative estimate of drug-likeness (QED) is 0.876. The molecule has 0 saturated carbocycles. The van der Waals surface area contributed by atoms with Crippen LogP contribution in [0.25, 0.3) is 0 Å². The largest absolute Gasteiger partial charge is 0.361 e. The molecule has 0 aliphatic carbocycles. The monoisotopic (exact) mass is 301 g/mol. The minimum absolute atomic E-state index is 0.0928. The van der Waals surface area contributed by atoms with E-state index in [0.29, 0.717) is 17.9 Å². The first-order valence-electron chi connectivity index (χ1n) is 7.00. The summed E-state index contributed by atoms with van der Waals surface area (Å²) < 4.78 is 5.04. The highest BCUT2D eigenvalue weighted by molar-refractivity contribution is 5.93. The summed E-state index contributed by atoms with van der Waals surface area (Å²) in [6, 6.07) is 7.10. The first-order chi connectivity index (χ1) is 10.5. The van der Waals surface area contributed by atoms with Gasteiger partial charge in [-0.2, -0.15) is 0 Å². The van der Waals surface area contributed by atoms with E-state index in [9.17, 15) is 9.59 Å². The first-order valence-corrected chi connectivity index (χ1v) is 7.00. The predicted octanol–water partition coefficient (Wildman–Crippen LogP) is 1.51. The van der Waals surface area contributed by atoms with Crippen molar-refractivity contribution in [1.82, 2.24) is 15.8 Å². The molecule has 116 valence electrons. The van der Waals surface area contributed by atoms with Gasteiger partial charge >= 0.3 is 0 Å². The van der Waals surface area contributed by atoms with E-state index in [1.807, 2.05) is 19.1 Å². The molecule has 1 aromatic heterocycles. The van der Waals surface area contributed by atoms with E-state index in [-0.39, 0.29) is 18.2 Å². The van der Waals surface area contributed by atoms with Crippen LogP contribution in [0.3, 0.4) is 0 Å². The summed E-state index contributed by atoms with van der Waals surface area (Å²) in [6.07, 6.45) is 0.248. The molecule has 2 rings (SSSR count). The predicted molar refractivity (Wildman–Crippen MR) is 81.4 cm³/mol. The van der Waals surface area contributed by atoms with Crippen molar-refractivity contribution in [2.24, 2.45) is 0 Å². The van der Waals surface area contributed by atoms with Crippen molar-refractivity contribution >= 4 is 11.8 Å². The third-order valence-corrected chi connectivity index (χ3v) is 3.45. The summed E-state index contributed by atoms with van der Waals surface area (Å²) in [5.74, 6) is 0.446. The molecule has 0 unspecified atom stereocenters. The van der Waals surface area contributed by atoms with Crippen LogP contribution in [0.5, 0.6) is 0 Å². The molecule has 2 amide bonds. The van der Waals surface area contributed by atoms with Gasteiger partial charge in [0.2, 0.25) is 5.91 Å². The Morgan fingerprint density at radius 3 is 2.41 bits per heavy atom. The Labute approximate surface area is 128 Å². The van der Waals surface area contributed by atoms with Gasteiger partial charge in [0.15, 0.2) is 0 Å². The summed E-state index contributed by atoms with van der Waals surface area (Å²) in [4.78, 5) is 23.4. The minimum Gasteiger partial charge on any atom is -0.361 e. The van der Waals surface area contributed by atoms with Crippen LogP contribution >= 0.6 is 0 Å². The second kappa shape index (κ2) is 6.89. The molecule has 0 fully saturated rings. The minimum atomic E-state index is -0.131. The highest BCUT2D eigenvalue weighted by Gasteiger charge is 2.13. The van der Waals surface area contributed by atoms with Gasteiger partial charge in [-0.15, -0.1) is 0 Å². The van der Waals surface area contributed by atoms with E-state index < -0.39 is 0 Å². The first kappa shape index (κ1) is 15.8. The van der Waals surface area contributed by atoms with E-state index in [0.717, 1.165) is 16.8 Å². The van der Waals surface area contributed by atoms with E-state index in [1.165, 1.54) is 0 Å². The summed E-state index contributed by atoms with van der Waals surface area (Å²) in [6.45, 7) is 4.02. The lowest BCUT2D eigenvalue weighted by molar-refractivity contribution is -0.120. The van der Waals surface area contributed by atoms with Gasteiger partial charge in [0.25, 0.3) is 5.91 Å². The zero-order valence-electron chi connectivity index (χ0n) is 12.9. The van der Waals surface area contributed by atoms with Crippen LogP contribution in [0.1, 0.15) is 32.9 Å². The van der Waals surface area contributed by atoms with Gasteiger partial charge in [0.1, 0.15) is 5.76 Å². The van der Waals surface area contributed by atoms with Gasteiger partial charge in [0, 0.05) is 24.7 Å². The SMILES string of the molecule is CNC(=O)c1ccc(CNC(=O)Cc2c(C)noc2C)cc1. The molecular formula is C16H19N3O3. The third kappa shape index (κ3) is 3.72. The molecule has 0 bridgehead atoms. The molecule has 1 aromatic carbocycles. The summed E-state index contributed by atoms with van der Waals surface area (Å²) in [5.41, 5.74) is 3.09. The van der Waals surface area contributed by atoms with Crippen molar-refractivity contribution in [2.45, 2.75) is 26.8 Å². The van der Waals surface area contributed by atoms with E-state index >= 15 is 0 Å². The van der Waals surface area contributed by atoms with Gasteiger partial charge in [-0.3, -0.25) is 9.59 Å². The average molecular weight is 301 g/mol. The number of carbonyl (C=O) groups is 2. The molecule has 6 nitrogen and oxygen atoms in total. The summed E-state index contributed by atoms with van der Waals surface area (Å²) >= 11 is 0. The lowest BCUT2D eigenvalue weighted by Crippen LogP contribution is -2.25. The Morgan fingerprint density at radius 1 is 1.18 bits per heavy atom. The number of carbonyl (C=O) groups excluding carboxylic acids is 2. The van der Waals surface area contributed by atoms with Crippen molar-refractivity contribution in [3.63, 3.8) is 0 Å². The second-order valence-corrected chi connectivity index (χ2v) is 5.03. The van der Waals surface area contributed by atoms with Crippen LogP contribution in [-0.4, -0.2) is 24.0 Å². The number of amides is 2. The zero-order valence-corrected chi connectivity index (χ0v) is 12.9. The van der Waals surface area contributed by atoms with Crippen LogP contribution in [0, 0.1) is 13.8 Å². The van der Waals surface area contributed by atoms with E-state index in [4.69, 9.17) is 4.52 Å². The summed E-state index contributed by atoms with van der Waals surface area (Å²) in [7, 11) is 1.59. The van der Waals surface area contributed by atoms with Crippen molar-refractivity contribution < 1.29 is 14.1 Å². The van der Waals surface area contributed by atoms with Gasteiger partial charge in [-0.05, 0) is 31.5 Å². The van der Waals surface area contributed by atoms with Crippen molar-refractivity contribution in [1.29, 1.82) is 0 Å². The zero-order chi connectivity index (χ0) is 16.1. The van der Waals surface area contributed by atoms with Gasteiger partial charge in [-0.1, -0.05) is 17.3 Å². The Kier molecular flexibility index (Phi) is 4.93. The smallest absolute Gasteiger partial charge is 0.251 e. The molecule has 0 aliphatic heterocycles. The lowest BCUT2D eigenvalue weighted by atomic mass is 10.1. The molecule has 0 aliphatic rings. The molecule has 0 spiro atoms. The highest BCUT2D eigenvalue weighted by Crippen LogP contribution is 2.12. The molecule has 0 saturated heterocycles. The molecule has 0 radical (unpaired) electrons. The number of aryl methyl sites for hydroxylation is 2. The van der Waals surface area contributed by atoms with Crippen molar-refractivity contribution in [2.75, 3.05) is 7.05 Å². The second-order valence-electron chi connectivity index (χ2n) is 5.03. The molecule has 2 aromatic rings. The highest BCUT2D eigenvalue weighted by atomic mass is 16.5. The average Bonchev–Trinajstić information content (AvgIpc) is 2.84. The van der Waals surface area contributed by atoms with Crippen molar-refractivity contribution in [3.8, 4) is 0 Å². The van der Waals surface area contributed by atoms with E-state index in [1.54, 1.807) is 26.1 Å². The molecular weight excluding hydrogens is 282 g/mol. The Bertz CT molecular complexity index is 655. The molecule has 2 N–H and O–H groups in total. The number of aromatic nitrogens is 1. The van der Waals surface area contributed by atoms with Crippen LogP contribution in [0.4, 0.5) is 0 Å². The molecule has 6 heteroatoms. The lowest BCUT2D eigenvalue weighted by Gasteiger charge is -2.06. The topological polar surface area (TPSA) is 84.2 Å². The van der Waals surface area contributed by atoms with Gasteiger partial charge < -0.3 is 15.2 Å². The number of hydrogen-bond acceptors (Lipinski definition) is 4. The van der Waals surface area contributed by atoms with Crippen LogP contribution in [-0.2, 0) is 17.8 Å². The maximum absolute atomic E-state index is 12.0. The van der Waals surface area contributed by atoms with E-state index in [2.05, 4.69) is 15.8 Å². The van der Waals surface area contributed by atoms with Crippen LogP contribution in [0.2, 0.25) is 0 Å². The number of benzene rings is 1. The fourth-order valence-corrected chi connectivity index (χ4v) is 2.10. The van der Waals surface area contributed by atoms with Crippen LogP contribution in [0.15, 0.2) is 28.8 Å². The Balaban J connectivity index is 1.90. The fraction of sp³-hybridized carbons (Fsp3) is 0.312. The van der Waals surface area contributed by atoms with Crippen molar-refractivity contribution in [3.05, 3.63) is 52.4 Å². The standard InChI is InChI=1S/C16H19N3O3/c1-10-14(11(2)22-19-10)8-15(20)18-9-12-4-6-13(7-5-12)16(21)17-3/h4-7H,8-9H2,1-3H3,(H,17,21)(H,18,20). The Hall–Kier alpha value is -2.63. The third-order valence-electron chi connectivity index (χ3n) is 3.45. The molecule has 22 heavy (non-hydrogen) atoms. The molecule has 0 atom stereocenters. The fourth-order valence-electron chi connectivity index (χ4n) is 2.10. The number of nitrogens with one attached hydrogen (secondary N) is 2. The summed E-state index contributed by atoms with van der Waals surface area (Å²) in [5, 5.41) is 9.24. The number of rotatable bonds is 5. The Morgan fingerprint density at radius 2 is 1.86 bits per heavy atom. The van der Waals surface area contributed by atoms with Gasteiger partial charge in [0.05, 0.1) is 12.1 Å². The van der Waals surface area contributed by atoms with Gasteiger partial charge in [-0.25, -0.2) is 0 Å². The molecule has 1 heterocycles.